The van der Waals surface area contributed by atoms with Crippen molar-refractivity contribution < 1.29 is 19.4 Å². The first-order valence-electron chi connectivity index (χ1n) is 8.86. The highest BCUT2D eigenvalue weighted by Crippen LogP contribution is 2.44. The second kappa shape index (κ2) is 7.79. The van der Waals surface area contributed by atoms with Crippen molar-refractivity contribution in [2.45, 2.75) is 25.4 Å². The van der Waals surface area contributed by atoms with Gasteiger partial charge < -0.3 is 19.5 Å². The van der Waals surface area contributed by atoms with Crippen LogP contribution in [0.5, 0.6) is 11.5 Å². The Morgan fingerprint density at radius 3 is 2.67 bits per heavy atom. The zero-order valence-corrected chi connectivity index (χ0v) is 16.5. The van der Waals surface area contributed by atoms with Crippen molar-refractivity contribution in [3.63, 3.8) is 0 Å². The van der Waals surface area contributed by atoms with Crippen LogP contribution >= 0.6 is 11.6 Å². The van der Waals surface area contributed by atoms with Gasteiger partial charge >= 0.3 is 0 Å². The van der Waals surface area contributed by atoms with E-state index in [4.69, 9.17) is 26.2 Å². The van der Waals surface area contributed by atoms with E-state index in [1.807, 2.05) is 30.3 Å². The molecule has 0 aromatic heterocycles. The van der Waals surface area contributed by atoms with Gasteiger partial charge in [0, 0.05) is 42.6 Å². The number of ether oxygens (including phenoxy) is 2. The molecule has 1 N–H and O–H groups in total. The van der Waals surface area contributed by atoms with Gasteiger partial charge in [-0.1, -0.05) is 23.7 Å². The number of nitrogens with zero attached hydrogens (tertiary/aromatic N) is 1. The molecule has 1 aliphatic heterocycles. The van der Waals surface area contributed by atoms with Crippen LogP contribution in [0, 0.1) is 0 Å². The molecule has 1 amide bonds. The number of amides is 1. The third-order valence-electron chi connectivity index (χ3n) is 4.78. The predicted molar refractivity (Wildman–Crippen MR) is 105 cm³/mol. The summed E-state index contributed by atoms with van der Waals surface area (Å²) in [6.45, 7) is 2.26. The average Bonchev–Trinajstić information content (AvgIpc) is 2.98. The predicted octanol–water partition coefficient (Wildman–Crippen LogP) is 3.35. The molecule has 1 atom stereocenters. The maximum absolute atomic E-state index is 12.6. The van der Waals surface area contributed by atoms with Crippen LogP contribution in [0.1, 0.15) is 28.4 Å². The van der Waals surface area contributed by atoms with E-state index in [0.717, 1.165) is 17.5 Å². The van der Waals surface area contributed by atoms with Crippen LogP contribution in [0.3, 0.4) is 0 Å². The summed E-state index contributed by atoms with van der Waals surface area (Å²) >= 11 is 5.97. The Kier molecular flexibility index (Phi) is 5.63. The summed E-state index contributed by atoms with van der Waals surface area (Å²) in [5.41, 5.74) is 2.18. The molecule has 0 spiro atoms. The lowest BCUT2D eigenvalue weighted by atomic mass is 9.91. The average molecular weight is 390 g/mol. The van der Waals surface area contributed by atoms with Crippen molar-refractivity contribution >= 4 is 17.5 Å². The first-order chi connectivity index (χ1) is 12.8. The Morgan fingerprint density at radius 1 is 1.33 bits per heavy atom. The van der Waals surface area contributed by atoms with Crippen LogP contribution in [0.2, 0.25) is 5.02 Å². The van der Waals surface area contributed by atoms with E-state index in [1.165, 1.54) is 4.90 Å². The third-order valence-corrected chi connectivity index (χ3v) is 5.04. The lowest BCUT2D eigenvalue weighted by Gasteiger charge is -2.24. The van der Waals surface area contributed by atoms with Crippen LogP contribution in [0.4, 0.5) is 0 Å². The molecule has 144 valence electrons. The number of rotatable bonds is 6. The summed E-state index contributed by atoms with van der Waals surface area (Å²) in [4.78, 5) is 14.1. The van der Waals surface area contributed by atoms with Gasteiger partial charge in [0.1, 0.15) is 5.60 Å². The number of likely N-dealkylation sites (N-methyl/N-ethyl adjacent to an activating group) is 1. The lowest BCUT2D eigenvalue weighted by molar-refractivity contribution is 0.0766. The second-order valence-corrected chi connectivity index (χ2v) is 7.59. The second-order valence-electron chi connectivity index (χ2n) is 7.15. The summed E-state index contributed by atoms with van der Waals surface area (Å²) in [5, 5.41) is 9.77. The highest BCUT2D eigenvalue weighted by molar-refractivity contribution is 6.30. The van der Waals surface area contributed by atoms with Gasteiger partial charge in [-0.25, -0.2) is 0 Å². The zero-order chi connectivity index (χ0) is 19.6. The summed E-state index contributed by atoms with van der Waals surface area (Å²) in [6.07, 6.45) is 1.39. The number of aliphatic hydroxyl groups is 1. The maximum Gasteiger partial charge on any atom is 0.253 e. The van der Waals surface area contributed by atoms with Gasteiger partial charge in [0.25, 0.3) is 5.91 Å². The van der Waals surface area contributed by atoms with Crippen molar-refractivity contribution in [1.82, 2.24) is 4.90 Å². The third kappa shape index (κ3) is 4.20. The standard InChI is InChI=1S/C21H24ClNO4/c1-21(12-14-4-6-17(22)7-5-14)13-16-10-15(20(25)23(2)8-9-24)11-18(26-3)19(16)27-21/h4-7,10-11,24H,8-9,12-13H2,1-3H3/t21-/m1/s1. The normalized spacial score (nSPS) is 18.0. The lowest BCUT2D eigenvalue weighted by Crippen LogP contribution is -2.32. The maximum atomic E-state index is 12.6. The van der Waals surface area contributed by atoms with Crippen molar-refractivity contribution in [3.05, 3.63) is 58.1 Å². The highest BCUT2D eigenvalue weighted by atomic mass is 35.5. The van der Waals surface area contributed by atoms with Crippen LogP contribution < -0.4 is 9.47 Å². The van der Waals surface area contributed by atoms with Crippen LogP contribution in [0.15, 0.2) is 36.4 Å². The fraction of sp³-hybridized carbons (Fsp3) is 0.381. The van der Waals surface area contributed by atoms with Crippen LogP contribution in [0.25, 0.3) is 0 Å². The minimum absolute atomic E-state index is 0.0768. The summed E-state index contributed by atoms with van der Waals surface area (Å²) in [5.74, 6) is 1.08. The zero-order valence-electron chi connectivity index (χ0n) is 15.8. The van der Waals surface area contributed by atoms with Crippen LogP contribution in [-0.2, 0) is 12.8 Å². The first kappa shape index (κ1) is 19.5. The number of carbonyl (C=O) groups excluding carboxylic acids is 1. The molecule has 3 rings (SSSR count). The van der Waals surface area contributed by atoms with E-state index < -0.39 is 5.60 Å². The number of aliphatic hydroxyl groups excluding tert-OH is 1. The summed E-state index contributed by atoms with van der Waals surface area (Å²) in [6, 6.07) is 11.3. The van der Waals surface area contributed by atoms with E-state index >= 15 is 0 Å². The largest absolute Gasteiger partial charge is 0.493 e. The van der Waals surface area contributed by atoms with Crippen LogP contribution in [-0.4, -0.2) is 48.8 Å². The molecule has 2 aromatic carbocycles. The van der Waals surface area contributed by atoms with Gasteiger partial charge in [-0.05, 0) is 36.8 Å². The number of hydrogen-bond acceptors (Lipinski definition) is 4. The number of hydrogen-bond donors (Lipinski definition) is 1. The van der Waals surface area contributed by atoms with Crippen molar-refractivity contribution in [1.29, 1.82) is 0 Å². The molecule has 0 saturated heterocycles. The topological polar surface area (TPSA) is 59.0 Å². The Labute approximate surface area is 164 Å². The summed E-state index contributed by atoms with van der Waals surface area (Å²) < 4.78 is 11.8. The number of halogens is 1. The van der Waals surface area contributed by atoms with E-state index in [0.29, 0.717) is 28.5 Å². The van der Waals surface area contributed by atoms with E-state index in [9.17, 15) is 4.79 Å². The minimum Gasteiger partial charge on any atom is -0.493 e. The molecule has 27 heavy (non-hydrogen) atoms. The molecular weight excluding hydrogens is 366 g/mol. The molecule has 0 fully saturated rings. The molecule has 1 aliphatic rings. The van der Waals surface area contributed by atoms with Crippen molar-refractivity contribution in [3.8, 4) is 11.5 Å². The fourth-order valence-electron chi connectivity index (χ4n) is 3.47. The van der Waals surface area contributed by atoms with E-state index in [2.05, 4.69) is 6.92 Å². The molecule has 0 saturated carbocycles. The van der Waals surface area contributed by atoms with Gasteiger partial charge in [0.2, 0.25) is 0 Å². The number of benzene rings is 2. The summed E-state index contributed by atoms with van der Waals surface area (Å²) in [7, 11) is 3.24. The molecule has 0 bridgehead atoms. The molecule has 6 heteroatoms. The molecule has 0 radical (unpaired) electrons. The molecular formula is C21H24ClNO4. The van der Waals surface area contributed by atoms with Gasteiger partial charge in [-0.15, -0.1) is 0 Å². The van der Waals surface area contributed by atoms with E-state index in [1.54, 1.807) is 20.2 Å². The van der Waals surface area contributed by atoms with Gasteiger partial charge in [-0.3, -0.25) is 4.79 Å². The van der Waals surface area contributed by atoms with Gasteiger partial charge in [-0.2, -0.15) is 0 Å². The Balaban J connectivity index is 1.86. The molecule has 5 nitrogen and oxygen atoms in total. The molecule has 0 aliphatic carbocycles. The fourth-order valence-corrected chi connectivity index (χ4v) is 3.60. The highest BCUT2D eigenvalue weighted by Gasteiger charge is 2.37. The molecule has 2 aromatic rings. The SMILES string of the molecule is COc1cc(C(=O)N(C)CCO)cc2c1O[C@](C)(Cc1ccc(Cl)cc1)C2. The quantitative estimate of drug-likeness (QED) is 0.823. The Bertz CT molecular complexity index is 837. The number of methoxy groups -OCH3 is 1. The minimum atomic E-state index is -0.428. The molecule has 0 unspecified atom stereocenters. The number of carbonyl (C=O) groups is 1. The number of fused-ring (bicyclic) bond motifs is 1. The molecule has 1 heterocycles. The van der Waals surface area contributed by atoms with E-state index in [-0.39, 0.29) is 19.1 Å². The Hall–Kier alpha value is -2.24. The van der Waals surface area contributed by atoms with Crippen molar-refractivity contribution in [2.75, 3.05) is 27.3 Å². The van der Waals surface area contributed by atoms with Gasteiger partial charge in [0.15, 0.2) is 11.5 Å². The smallest absolute Gasteiger partial charge is 0.253 e. The van der Waals surface area contributed by atoms with Gasteiger partial charge in [0.05, 0.1) is 13.7 Å². The Morgan fingerprint density at radius 2 is 2.04 bits per heavy atom. The monoisotopic (exact) mass is 389 g/mol. The van der Waals surface area contributed by atoms with Crippen molar-refractivity contribution in [2.24, 2.45) is 0 Å². The first-order valence-corrected chi connectivity index (χ1v) is 9.24.